The molecule has 1 aromatic heterocycles. The summed E-state index contributed by atoms with van der Waals surface area (Å²) in [6.07, 6.45) is 1.07. The summed E-state index contributed by atoms with van der Waals surface area (Å²) in [6, 6.07) is 0. The molecule has 0 aliphatic carbocycles. The van der Waals surface area contributed by atoms with Crippen molar-refractivity contribution in [3.05, 3.63) is 10.7 Å². The molecule has 0 fully saturated rings. The maximum absolute atomic E-state index is 11.7. The predicted molar refractivity (Wildman–Crippen MR) is 63.4 cm³/mol. The van der Waals surface area contributed by atoms with Crippen molar-refractivity contribution in [2.24, 2.45) is 0 Å². The Morgan fingerprint density at radius 1 is 1.69 bits per heavy atom. The first kappa shape index (κ1) is 13.9. The lowest BCUT2D eigenvalue weighted by Gasteiger charge is -2.11. The van der Waals surface area contributed by atoms with Crippen molar-refractivity contribution in [1.82, 2.24) is 9.71 Å². The van der Waals surface area contributed by atoms with Crippen LogP contribution in [0, 0.1) is 0 Å². The molecular formula is C8H13ClN2O3S2. The fourth-order valence-electron chi connectivity index (χ4n) is 1.01. The largest absolute Gasteiger partial charge is 0.377 e. The Morgan fingerprint density at radius 3 is 2.88 bits per heavy atom. The highest BCUT2D eigenvalue weighted by molar-refractivity contribution is 7.91. The van der Waals surface area contributed by atoms with E-state index in [4.69, 9.17) is 16.3 Å². The van der Waals surface area contributed by atoms with Crippen molar-refractivity contribution < 1.29 is 13.2 Å². The third-order valence-electron chi connectivity index (χ3n) is 1.73. The number of ether oxygens (including phenoxy) is 1. The van der Waals surface area contributed by atoms with Gasteiger partial charge in [-0.3, -0.25) is 0 Å². The molecule has 1 atom stereocenters. The first-order valence-corrected chi connectivity index (χ1v) is 7.36. The lowest BCUT2D eigenvalue weighted by molar-refractivity contribution is 0.0799. The Hall–Kier alpha value is -0.210. The van der Waals surface area contributed by atoms with Crippen LogP contribution in [0.1, 0.15) is 13.8 Å². The monoisotopic (exact) mass is 284 g/mol. The van der Waals surface area contributed by atoms with Gasteiger partial charge in [-0.05, 0) is 13.8 Å². The second kappa shape index (κ2) is 5.92. The van der Waals surface area contributed by atoms with E-state index in [-0.39, 0.29) is 21.3 Å². The average Bonchev–Trinajstić information content (AvgIpc) is 2.63. The number of hydrogen-bond acceptors (Lipinski definition) is 5. The van der Waals surface area contributed by atoms with Crippen LogP contribution < -0.4 is 4.72 Å². The molecule has 1 N–H and O–H groups in total. The summed E-state index contributed by atoms with van der Waals surface area (Å²) < 4.78 is 31.4. The zero-order valence-corrected chi connectivity index (χ0v) is 11.3. The molecule has 0 aromatic carbocycles. The van der Waals surface area contributed by atoms with E-state index in [0.29, 0.717) is 6.61 Å². The van der Waals surface area contributed by atoms with Crippen LogP contribution in [-0.2, 0) is 14.8 Å². The van der Waals surface area contributed by atoms with Crippen molar-refractivity contribution in [2.75, 3.05) is 13.2 Å². The highest BCUT2D eigenvalue weighted by atomic mass is 35.5. The third-order valence-corrected chi connectivity index (χ3v) is 4.73. The van der Waals surface area contributed by atoms with Crippen LogP contribution in [0.3, 0.4) is 0 Å². The fourth-order valence-corrected chi connectivity index (χ4v) is 3.46. The number of nitrogens with zero attached hydrogens (tertiary/aromatic N) is 1. The van der Waals surface area contributed by atoms with Gasteiger partial charge in [-0.1, -0.05) is 22.9 Å². The van der Waals surface area contributed by atoms with Gasteiger partial charge in [-0.15, -0.1) is 0 Å². The Balaban J connectivity index is 2.59. The minimum atomic E-state index is -3.51. The Labute approximate surface area is 104 Å². The summed E-state index contributed by atoms with van der Waals surface area (Å²) in [4.78, 5) is 3.68. The molecule has 0 spiro atoms. The van der Waals surface area contributed by atoms with Gasteiger partial charge in [0.25, 0.3) is 10.0 Å². The van der Waals surface area contributed by atoms with E-state index in [0.717, 1.165) is 11.3 Å². The SMILES string of the molecule is CCOC(C)CNS(=O)(=O)c1cnc(Cl)s1. The van der Waals surface area contributed by atoms with Crippen LogP contribution in [0.4, 0.5) is 0 Å². The van der Waals surface area contributed by atoms with E-state index in [1.807, 2.05) is 6.92 Å². The zero-order valence-electron chi connectivity index (χ0n) is 8.94. The molecule has 8 heteroatoms. The molecule has 5 nitrogen and oxygen atoms in total. The van der Waals surface area contributed by atoms with Gasteiger partial charge in [0.05, 0.1) is 12.3 Å². The van der Waals surface area contributed by atoms with Crippen LogP contribution in [0.15, 0.2) is 10.4 Å². The van der Waals surface area contributed by atoms with E-state index in [9.17, 15) is 8.42 Å². The van der Waals surface area contributed by atoms with Crippen molar-refractivity contribution in [1.29, 1.82) is 0 Å². The zero-order chi connectivity index (χ0) is 12.2. The highest BCUT2D eigenvalue weighted by Gasteiger charge is 2.18. The van der Waals surface area contributed by atoms with Crippen molar-refractivity contribution in [3.63, 3.8) is 0 Å². The number of thiazole rings is 1. The maximum Gasteiger partial charge on any atom is 0.251 e. The molecule has 0 bridgehead atoms. The molecular weight excluding hydrogens is 272 g/mol. The van der Waals surface area contributed by atoms with Gasteiger partial charge in [-0.25, -0.2) is 18.1 Å². The van der Waals surface area contributed by atoms with Crippen LogP contribution in [0.25, 0.3) is 0 Å². The van der Waals surface area contributed by atoms with Crippen molar-refractivity contribution in [3.8, 4) is 0 Å². The van der Waals surface area contributed by atoms with Crippen molar-refractivity contribution >= 4 is 33.0 Å². The molecule has 1 heterocycles. The summed E-state index contributed by atoms with van der Waals surface area (Å²) in [5.41, 5.74) is 0. The van der Waals surface area contributed by atoms with Crippen LogP contribution in [0.5, 0.6) is 0 Å². The molecule has 16 heavy (non-hydrogen) atoms. The van der Waals surface area contributed by atoms with Gasteiger partial charge in [0.2, 0.25) is 0 Å². The van der Waals surface area contributed by atoms with Gasteiger partial charge in [-0.2, -0.15) is 0 Å². The van der Waals surface area contributed by atoms with Gasteiger partial charge in [0.15, 0.2) is 8.68 Å². The molecule has 0 aliphatic heterocycles. The lowest BCUT2D eigenvalue weighted by Crippen LogP contribution is -2.31. The Bertz CT molecular complexity index is 432. The van der Waals surface area contributed by atoms with Crippen LogP contribution in [0.2, 0.25) is 4.47 Å². The molecule has 1 rings (SSSR count). The summed E-state index contributed by atoms with van der Waals surface area (Å²) in [5, 5.41) is 0. The molecule has 92 valence electrons. The van der Waals surface area contributed by atoms with Gasteiger partial charge in [0, 0.05) is 13.2 Å². The van der Waals surface area contributed by atoms with E-state index in [1.165, 1.54) is 6.20 Å². The summed E-state index contributed by atoms with van der Waals surface area (Å²) in [6.45, 7) is 4.43. The number of nitrogens with one attached hydrogen (secondary N) is 1. The quantitative estimate of drug-likeness (QED) is 0.859. The number of aromatic nitrogens is 1. The molecule has 0 aliphatic rings. The third kappa shape index (κ3) is 3.99. The minimum absolute atomic E-state index is 0.112. The normalized spacial score (nSPS) is 13.9. The number of hydrogen-bond donors (Lipinski definition) is 1. The average molecular weight is 285 g/mol. The van der Waals surface area contributed by atoms with E-state index in [1.54, 1.807) is 6.92 Å². The Kier molecular flexibility index (Phi) is 5.13. The second-order valence-electron chi connectivity index (χ2n) is 3.05. The summed E-state index contributed by atoms with van der Waals surface area (Å²) in [5.74, 6) is 0. The molecule has 0 saturated carbocycles. The van der Waals surface area contributed by atoms with Gasteiger partial charge < -0.3 is 4.74 Å². The van der Waals surface area contributed by atoms with E-state index in [2.05, 4.69) is 9.71 Å². The Morgan fingerprint density at radius 2 is 2.38 bits per heavy atom. The number of halogens is 1. The van der Waals surface area contributed by atoms with Crippen LogP contribution >= 0.6 is 22.9 Å². The van der Waals surface area contributed by atoms with Gasteiger partial charge >= 0.3 is 0 Å². The fraction of sp³-hybridized carbons (Fsp3) is 0.625. The molecule has 0 radical (unpaired) electrons. The second-order valence-corrected chi connectivity index (χ2v) is 6.66. The summed E-state index contributed by atoms with van der Waals surface area (Å²) >= 11 is 6.49. The minimum Gasteiger partial charge on any atom is -0.377 e. The highest BCUT2D eigenvalue weighted by Crippen LogP contribution is 2.21. The maximum atomic E-state index is 11.7. The molecule has 1 aromatic rings. The summed E-state index contributed by atoms with van der Waals surface area (Å²) in [7, 11) is -3.51. The number of rotatable bonds is 6. The first-order chi connectivity index (χ1) is 7.45. The van der Waals surface area contributed by atoms with E-state index >= 15 is 0 Å². The topological polar surface area (TPSA) is 68.3 Å². The first-order valence-electron chi connectivity index (χ1n) is 4.68. The van der Waals surface area contributed by atoms with Crippen LogP contribution in [-0.4, -0.2) is 32.7 Å². The van der Waals surface area contributed by atoms with E-state index < -0.39 is 10.0 Å². The standard InChI is InChI=1S/C8H13ClN2O3S2/c1-3-14-6(2)4-11-16(12,13)7-5-10-8(9)15-7/h5-6,11H,3-4H2,1-2H3. The van der Waals surface area contributed by atoms with Crippen molar-refractivity contribution in [2.45, 2.75) is 24.2 Å². The smallest absolute Gasteiger partial charge is 0.251 e. The molecule has 0 amide bonds. The molecule has 0 saturated heterocycles. The number of sulfonamides is 1. The lowest BCUT2D eigenvalue weighted by atomic mass is 10.4. The molecule has 1 unspecified atom stereocenters. The predicted octanol–water partition coefficient (Wildman–Crippen LogP) is 1.50. The van der Waals surface area contributed by atoms with Gasteiger partial charge in [0.1, 0.15) is 0 Å².